The number of para-hydroxylation sites is 2. The van der Waals surface area contributed by atoms with Crippen molar-refractivity contribution in [1.29, 1.82) is 0 Å². The van der Waals surface area contributed by atoms with Crippen LogP contribution in [0.15, 0.2) is 42.5 Å². The first-order valence-electron chi connectivity index (χ1n) is 7.27. The van der Waals surface area contributed by atoms with Crippen molar-refractivity contribution in [3.05, 3.63) is 48.0 Å². The van der Waals surface area contributed by atoms with Gasteiger partial charge in [0.15, 0.2) is 5.75 Å². The quantitative estimate of drug-likeness (QED) is 0.860. The number of anilines is 2. The fraction of sp³-hybridized carbons (Fsp3) is 0.294. The van der Waals surface area contributed by atoms with E-state index in [0.717, 1.165) is 54.7 Å². The van der Waals surface area contributed by atoms with Crippen LogP contribution in [0.1, 0.15) is 5.56 Å². The van der Waals surface area contributed by atoms with E-state index in [9.17, 15) is 0 Å². The molecule has 0 bridgehead atoms. The third kappa shape index (κ3) is 2.32. The Labute approximate surface area is 124 Å². The molecule has 0 radical (unpaired) electrons. The molecule has 2 aliphatic rings. The normalized spacial score (nSPS) is 17.2. The Morgan fingerprint density at radius 1 is 1.10 bits per heavy atom. The van der Waals surface area contributed by atoms with Crippen LogP contribution < -0.4 is 15.4 Å². The molecule has 0 saturated carbocycles. The summed E-state index contributed by atoms with van der Waals surface area (Å²) in [6.45, 7) is 3.50. The van der Waals surface area contributed by atoms with E-state index in [2.05, 4.69) is 17.0 Å². The van der Waals surface area contributed by atoms with Gasteiger partial charge in [0.2, 0.25) is 0 Å². The van der Waals surface area contributed by atoms with Crippen LogP contribution in [0.2, 0.25) is 0 Å². The first kappa shape index (κ1) is 12.5. The van der Waals surface area contributed by atoms with Crippen molar-refractivity contribution in [2.75, 3.05) is 30.4 Å². The second kappa shape index (κ2) is 4.97. The molecule has 0 amide bonds. The maximum atomic E-state index is 6.09. The van der Waals surface area contributed by atoms with E-state index in [0.29, 0.717) is 5.92 Å². The zero-order valence-electron chi connectivity index (χ0n) is 11.8. The molecule has 2 N–H and O–H groups in total. The highest BCUT2D eigenvalue weighted by Crippen LogP contribution is 2.39. The van der Waals surface area contributed by atoms with Crippen molar-refractivity contribution in [3.8, 4) is 11.5 Å². The lowest BCUT2D eigenvalue weighted by molar-refractivity contribution is -0.0277. The summed E-state index contributed by atoms with van der Waals surface area (Å²) in [6, 6.07) is 14.0. The van der Waals surface area contributed by atoms with Crippen molar-refractivity contribution < 1.29 is 9.47 Å². The number of hydrogen-bond acceptors (Lipinski definition) is 4. The summed E-state index contributed by atoms with van der Waals surface area (Å²) in [5, 5.41) is 0. The lowest BCUT2D eigenvalue weighted by Crippen LogP contribution is -2.39. The van der Waals surface area contributed by atoms with Crippen LogP contribution in [-0.4, -0.2) is 19.8 Å². The van der Waals surface area contributed by atoms with Crippen LogP contribution in [-0.2, 0) is 11.3 Å². The Balaban J connectivity index is 1.74. The van der Waals surface area contributed by atoms with Gasteiger partial charge < -0.3 is 20.1 Å². The van der Waals surface area contributed by atoms with Gasteiger partial charge in [-0.2, -0.15) is 0 Å². The van der Waals surface area contributed by atoms with Crippen molar-refractivity contribution in [2.45, 2.75) is 6.54 Å². The molecule has 0 atom stereocenters. The predicted octanol–water partition coefficient (Wildman–Crippen LogP) is 3.03. The standard InChI is InChI=1S/C17H18N2O2/c18-14-5-6-16-13(7-14)9-19(8-12-10-20-11-12)15-3-1-2-4-17(15)21-16/h1-7,12H,8-11,18H2. The molecular weight excluding hydrogens is 264 g/mol. The maximum Gasteiger partial charge on any atom is 0.150 e. The number of rotatable bonds is 2. The summed E-state index contributed by atoms with van der Waals surface area (Å²) in [5.74, 6) is 2.39. The SMILES string of the molecule is Nc1ccc2c(c1)CN(CC1COC1)c1ccccc1O2. The number of nitrogens with zero attached hydrogens (tertiary/aromatic N) is 1. The number of ether oxygens (including phenoxy) is 2. The minimum atomic E-state index is 0.598. The van der Waals surface area contributed by atoms with Gasteiger partial charge in [0.05, 0.1) is 18.9 Å². The molecule has 0 spiro atoms. The van der Waals surface area contributed by atoms with Crippen LogP contribution >= 0.6 is 0 Å². The number of nitrogens with two attached hydrogens (primary N) is 1. The minimum Gasteiger partial charge on any atom is -0.455 e. The largest absolute Gasteiger partial charge is 0.455 e. The molecule has 2 aliphatic heterocycles. The minimum absolute atomic E-state index is 0.598. The Morgan fingerprint density at radius 3 is 2.76 bits per heavy atom. The molecule has 2 heterocycles. The topological polar surface area (TPSA) is 47.7 Å². The number of fused-ring (bicyclic) bond motifs is 2. The lowest BCUT2D eigenvalue weighted by Gasteiger charge is -2.33. The van der Waals surface area contributed by atoms with E-state index >= 15 is 0 Å². The molecule has 2 aromatic rings. The van der Waals surface area contributed by atoms with Crippen LogP contribution in [0.25, 0.3) is 0 Å². The van der Waals surface area contributed by atoms with Crippen molar-refractivity contribution >= 4 is 11.4 Å². The summed E-state index contributed by atoms with van der Waals surface area (Å²) in [6.07, 6.45) is 0. The lowest BCUT2D eigenvalue weighted by atomic mass is 10.1. The van der Waals surface area contributed by atoms with Crippen LogP contribution in [0.4, 0.5) is 11.4 Å². The zero-order chi connectivity index (χ0) is 14.2. The molecule has 1 fully saturated rings. The first-order chi connectivity index (χ1) is 10.3. The smallest absolute Gasteiger partial charge is 0.150 e. The highest BCUT2D eigenvalue weighted by atomic mass is 16.5. The van der Waals surface area contributed by atoms with Crippen molar-refractivity contribution in [1.82, 2.24) is 0 Å². The van der Waals surface area contributed by atoms with Gasteiger partial charge in [0, 0.05) is 30.3 Å². The maximum absolute atomic E-state index is 6.09. The van der Waals surface area contributed by atoms with Crippen molar-refractivity contribution in [3.63, 3.8) is 0 Å². The molecular formula is C17H18N2O2. The number of nitrogen functional groups attached to an aromatic ring is 1. The molecule has 2 aromatic carbocycles. The zero-order valence-corrected chi connectivity index (χ0v) is 11.8. The molecule has 4 nitrogen and oxygen atoms in total. The van der Waals surface area contributed by atoms with E-state index in [1.807, 2.05) is 30.3 Å². The average Bonchev–Trinajstić information content (AvgIpc) is 2.59. The Morgan fingerprint density at radius 2 is 1.95 bits per heavy atom. The first-order valence-corrected chi connectivity index (χ1v) is 7.27. The van der Waals surface area contributed by atoms with E-state index in [1.54, 1.807) is 0 Å². The fourth-order valence-electron chi connectivity index (χ4n) is 2.90. The number of hydrogen-bond donors (Lipinski definition) is 1. The van der Waals surface area contributed by atoms with E-state index in [4.69, 9.17) is 15.2 Å². The second-order valence-electron chi connectivity index (χ2n) is 5.72. The summed E-state index contributed by atoms with van der Waals surface area (Å²) in [4.78, 5) is 2.37. The van der Waals surface area contributed by atoms with Gasteiger partial charge in [-0.1, -0.05) is 12.1 Å². The monoisotopic (exact) mass is 282 g/mol. The summed E-state index contributed by atoms with van der Waals surface area (Å²) >= 11 is 0. The Bertz CT molecular complexity index is 668. The van der Waals surface area contributed by atoms with Gasteiger partial charge in [0.1, 0.15) is 5.75 Å². The van der Waals surface area contributed by atoms with Gasteiger partial charge in [-0.15, -0.1) is 0 Å². The third-order valence-electron chi connectivity index (χ3n) is 4.06. The fourth-order valence-corrected chi connectivity index (χ4v) is 2.90. The molecule has 21 heavy (non-hydrogen) atoms. The van der Waals surface area contributed by atoms with Gasteiger partial charge in [-0.25, -0.2) is 0 Å². The van der Waals surface area contributed by atoms with Gasteiger partial charge >= 0.3 is 0 Å². The molecule has 4 rings (SSSR count). The highest BCUT2D eigenvalue weighted by Gasteiger charge is 2.26. The predicted molar refractivity (Wildman–Crippen MR) is 82.7 cm³/mol. The second-order valence-corrected chi connectivity index (χ2v) is 5.72. The van der Waals surface area contributed by atoms with E-state index in [1.165, 1.54) is 0 Å². The van der Waals surface area contributed by atoms with E-state index in [-0.39, 0.29) is 0 Å². The van der Waals surface area contributed by atoms with Crippen molar-refractivity contribution in [2.24, 2.45) is 5.92 Å². The molecule has 4 heteroatoms. The van der Waals surface area contributed by atoms with Gasteiger partial charge in [0.25, 0.3) is 0 Å². The third-order valence-corrected chi connectivity index (χ3v) is 4.06. The molecule has 0 aromatic heterocycles. The molecule has 108 valence electrons. The summed E-state index contributed by atoms with van der Waals surface area (Å²) < 4.78 is 11.4. The molecule has 0 aliphatic carbocycles. The molecule has 1 saturated heterocycles. The average molecular weight is 282 g/mol. The van der Waals surface area contributed by atoms with Crippen LogP contribution in [0.3, 0.4) is 0 Å². The number of benzene rings is 2. The van der Waals surface area contributed by atoms with E-state index < -0.39 is 0 Å². The summed E-state index contributed by atoms with van der Waals surface area (Å²) in [5.41, 5.74) is 8.97. The van der Waals surface area contributed by atoms with Crippen LogP contribution in [0.5, 0.6) is 11.5 Å². The Hall–Kier alpha value is -2.20. The highest BCUT2D eigenvalue weighted by molar-refractivity contribution is 5.63. The Kier molecular flexibility index (Phi) is 2.97. The summed E-state index contributed by atoms with van der Waals surface area (Å²) in [7, 11) is 0. The molecule has 0 unspecified atom stereocenters. The van der Waals surface area contributed by atoms with Gasteiger partial charge in [-0.3, -0.25) is 0 Å². The van der Waals surface area contributed by atoms with Gasteiger partial charge in [-0.05, 0) is 30.3 Å². The van der Waals surface area contributed by atoms with Crippen LogP contribution in [0, 0.1) is 5.92 Å².